The van der Waals surface area contributed by atoms with Crippen molar-refractivity contribution < 1.29 is 0 Å². The molecule has 0 atom stereocenters. The zero-order valence-corrected chi connectivity index (χ0v) is 13.0. The van der Waals surface area contributed by atoms with Crippen molar-refractivity contribution in [3.63, 3.8) is 0 Å². The largest absolute Gasteiger partial charge is 0.382 e. The predicted molar refractivity (Wildman–Crippen MR) is 90.7 cm³/mol. The van der Waals surface area contributed by atoms with E-state index in [9.17, 15) is 0 Å². The van der Waals surface area contributed by atoms with Gasteiger partial charge in [-0.1, -0.05) is 30.3 Å². The summed E-state index contributed by atoms with van der Waals surface area (Å²) in [5, 5.41) is 4.59. The molecule has 0 bridgehead atoms. The highest BCUT2D eigenvalue weighted by Crippen LogP contribution is 2.36. The van der Waals surface area contributed by atoms with Gasteiger partial charge in [-0.15, -0.1) is 0 Å². The molecule has 0 aliphatic carbocycles. The van der Waals surface area contributed by atoms with Gasteiger partial charge in [0.25, 0.3) is 0 Å². The Balaban J connectivity index is 1.58. The average molecular weight is 302 g/mol. The number of hydrogen-bond acceptors (Lipinski definition) is 5. The summed E-state index contributed by atoms with van der Waals surface area (Å²) in [5.74, 6) is 0.619. The average Bonchev–Trinajstić information content (AvgIpc) is 3.14. The minimum absolute atomic E-state index is 0.619. The molecule has 0 radical (unpaired) electrons. The first-order valence-electron chi connectivity index (χ1n) is 7.61. The highest BCUT2D eigenvalue weighted by atomic mass is 32.1. The van der Waals surface area contributed by atoms with Crippen LogP contribution in [0.5, 0.6) is 0 Å². The molecule has 1 fully saturated rings. The van der Waals surface area contributed by atoms with Gasteiger partial charge in [-0.05, 0) is 56.0 Å². The molecule has 3 rings (SSSR count). The normalized spacial score (nSPS) is 15.4. The molecule has 1 aromatic carbocycles. The van der Waals surface area contributed by atoms with Gasteiger partial charge in [-0.2, -0.15) is 4.37 Å². The van der Waals surface area contributed by atoms with Crippen molar-refractivity contribution >= 4 is 22.4 Å². The number of aromatic nitrogens is 1. The van der Waals surface area contributed by atoms with Gasteiger partial charge >= 0.3 is 0 Å². The van der Waals surface area contributed by atoms with Gasteiger partial charge in [-0.3, -0.25) is 0 Å². The molecule has 1 aliphatic heterocycles. The number of benzene rings is 1. The van der Waals surface area contributed by atoms with Crippen LogP contribution in [-0.2, 0) is 0 Å². The van der Waals surface area contributed by atoms with E-state index >= 15 is 0 Å². The molecule has 0 saturated carbocycles. The molecule has 112 valence electrons. The topological polar surface area (TPSA) is 54.2 Å². The quantitative estimate of drug-likeness (QED) is 0.804. The molecule has 1 aromatic heterocycles. The fraction of sp³-hybridized carbons (Fsp3) is 0.438. The number of nitrogens with one attached hydrogen (secondary N) is 1. The van der Waals surface area contributed by atoms with Gasteiger partial charge in [-0.25, -0.2) is 0 Å². The fourth-order valence-electron chi connectivity index (χ4n) is 2.82. The van der Waals surface area contributed by atoms with Gasteiger partial charge in [0.1, 0.15) is 10.8 Å². The third-order valence-electron chi connectivity index (χ3n) is 3.92. The molecule has 1 aliphatic rings. The van der Waals surface area contributed by atoms with E-state index in [2.05, 4.69) is 26.7 Å². The van der Waals surface area contributed by atoms with Crippen LogP contribution in [0.4, 0.5) is 10.8 Å². The maximum Gasteiger partial charge on any atom is 0.147 e. The first-order chi connectivity index (χ1) is 10.3. The summed E-state index contributed by atoms with van der Waals surface area (Å²) in [6, 6.07) is 10.2. The Bertz CT molecular complexity index is 561. The zero-order chi connectivity index (χ0) is 14.5. The van der Waals surface area contributed by atoms with E-state index in [-0.39, 0.29) is 0 Å². The number of nitrogens with two attached hydrogens (primary N) is 1. The van der Waals surface area contributed by atoms with Crippen LogP contribution in [0.1, 0.15) is 19.3 Å². The minimum Gasteiger partial charge on any atom is -0.382 e. The Morgan fingerprint density at radius 3 is 2.71 bits per heavy atom. The molecular weight excluding hydrogens is 280 g/mol. The lowest BCUT2D eigenvalue weighted by Gasteiger charge is -2.14. The van der Waals surface area contributed by atoms with E-state index in [1.807, 2.05) is 18.2 Å². The van der Waals surface area contributed by atoms with E-state index < -0.39 is 0 Å². The van der Waals surface area contributed by atoms with Crippen LogP contribution in [0, 0.1) is 0 Å². The predicted octanol–water partition coefficient (Wildman–Crippen LogP) is 3.29. The van der Waals surface area contributed by atoms with Gasteiger partial charge in [0, 0.05) is 6.54 Å². The molecule has 2 heterocycles. The second-order valence-electron chi connectivity index (χ2n) is 5.47. The van der Waals surface area contributed by atoms with Crippen LogP contribution in [0.15, 0.2) is 30.3 Å². The van der Waals surface area contributed by atoms with Crippen molar-refractivity contribution in [3.05, 3.63) is 30.3 Å². The van der Waals surface area contributed by atoms with Gasteiger partial charge in [0.05, 0.1) is 5.56 Å². The van der Waals surface area contributed by atoms with Gasteiger partial charge in [0.2, 0.25) is 0 Å². The SMILES string of the molecule is Nc1nsc(NCCCN2CCCC2)c1-c1ccccc1. The number of nitrogen functional groups attached to an aromatic ring is 1. The summed E-state index contributed by atoms with van der Waals surface area (Å²) in [4.78, 5) is 2.54. The Hall–Kier alpha value is -1.59. The number of likely N-dealkylation sites (tertiary alicyclic amines) is 1. The summed E-state index contributed by atoms with van der Waals surface area (Å²) < 4.78 is 4.30. The molecule has 1 saturated heterocycles. The second kappa shape index (κ2) is 6.91. The Kier molecular flexibility index (Phi) is 4.72. The molecule has 0 spiro atoms. The van der Waals surface area contributed by atoms with Crippen LogP contribution >= 0.6 is 11.5 Å². The van der Waals surface area contributed by atoms with Crippen LogP contribution in [-0.4, -0.2) is 35.5 Å². The second-order valence-corrected chi connectivity index (χ2v) is 6.24. The van der Waals surface area contributed by atoms with E-state index in [1.165, 1.54) is 44.0 Å². The maximum atomic E-state index is 6.03. The highest BCUT2D eigenvalue weighted by Gasteiger charge is 2.14. The minimum atomic E-state index is 0.619. The summed E-state index contributed by atoms with van der Waals surface area (Å²) in [5.41, 5.74) is 8.20. The fourth-order valence-corrected chi connectivity index (χ4v) is 3.58. The number of nitrogens with zero attached hydrogens (tertiary/aromatic N) is 2. The van der Waals surface area contributed by atoms with Crippen molar-refractivity contribution in [3.8, 4) is 11.1 Å². The highest BCUT2D eigenvalue weighted by molar-refractivity contribution is 7.11. The lowest BCUT2D eigenvalue weighted by atomic mass is 10.1. The monoisotopic (exact) mass is 302 g/mol. The zero-order valence-electron chi connectivity index (χ0n) is 12.2. The molecule has 0 amide bonds. The Labute approximate surface area is 130 Å². The Morgan fingerprint density at radius 1 is 1.19 bits per heavy atom. The van der Waals surface area contributed by atoms with Crippen molar-refractivity contribution in [2.75, 3.05) is 37.2 Å². The van der Waals surface area contributed by atoms with Crippen LogP contribution < -0.4 is 11.1 Å². The first kappa shape index (κ1) is 14.4. The molecule has 21 heavy (non-hydrogen) atoms. The lowest BCUT2D eigenvalue weighted by Crippen LogP contribution is -2.22. The maximum absolute atomic E-state index is 6.03. The molecule has 5 heteroatoms. The van der Waals surface area contributed by atoms with Crippen LogP contribution in [0.2, 0.25) is 0 Å². The summed E-state index contributed by atoms with van der Waals surface area (Å²) in [6.07, 6.45) is 3.87. The van der Waals surface area contributed by atoms with Crippen LogP contribution in [0.3, 0.4) is 0 Å². The van der Waals surface area contributed by atoms with Crippen molar-refractivity contribution in [2.45, 2.75) is 19.3 Å². The van der Waals surface area contributed by atoms with Gasteiger partial charge < -0.3 is 16.0 Å². The smallest absolute Gasteiger partial charge is 0.147 e. The van der Waals surface area contributed by atoms with Gasteiger partial charge in [0.15, 0.2) is 0 Å². The van der Waals surface area contributed by atoms with E-state index in [1.54, 1.807) is 0 Å². The molecule has 0 unspecified atom stereocenters. The van der Waals surface area contributed by atoms with E-state index in [0.717, 1.165) is 29.1 Å². The standard InChI is InChI=1S/C16H22N4S/c17-15-14(13-7-2-1-3-8-13)16(21-19-15)18-9-6-12-20-10-4-5-11-20/h1-3,7-8,18H,4-6,9-12H2,(H2,17,19). The summed E-state index contributed by atoms with van der Waals surface area (Å²) >= 11 is 1.45. The molecular formula is C16H22N4S. The lowest BCUT2D eigenvalue weighted by molar-refractivity contribution is 0.337. The van der Waals surface area contributed by atoms with Crippen molar-refractivity contribution in [1.82, 2.24) is 9.27 Å². The van der Waals surface area contributed by atoms with E-state index in [4.69, 9.17) is 5.73 Å². The van der Waals surface area contributed by atoms with E-state index in [0.29, 0.717) is 5.82 Å². The number of anilines is 2. The molecule has 2 aromatic rings. The first-order valence-corrected chi connectivity index (χ1v) is 8.39. The summed E-state index contributed by atoms with van der Waals surface area (Å²) in [6.45, 7) is 4.69. The van der Waals surface area contributed by atoms with Crippen molar-refractivity contribution in [1.29, 1.82) is 0 Å². The molecule has 4 nitrogen and oxygen atoms in total. The molecule has 3 N–H and O–H groups in total. The number of hydrogen-bond donors (Lipinski definition) is 2. The summed E-state index contributed by atoms with van der Waals surface area (Å²) in [7, 11) is 0. The third-order valence-corrected chi connectivity index (χ3v) is 4.74. The Morgan fingerprint density at radius 2 is 1.95 bits per heavy atom. The third kappa shape index (κ3) is 3.54. The number of rotatable bonds is 6. The van der Waals surface area contributed by atoms with Crippen LogP contribution in [0.25, 0.3) is 11.1 Å². The van der Waals surface area contributed by atoms with Crippen molar-refractivity contribution in [2.24, 2.45) is 0 Å².